The number of rotatable bonds is 3. The van der Waals surface area contributed by atoms with Crippen molar-refractivity contribution >= 4 is 17.7 Å². The molecule has 2 fully saturated rings. The number of carbonyl (C=O) groups is 2. The Bertz CT molecular complexity index is 552. The van der Waals surface area contributed by atoms with Crippen LogP contribution >= 0.6 is 0 Å². The summed E-state index contributed by atoms with van der Waals surface area (Å²) in [5.41, 5.74) is 0.469. The summed E-state index contributed by atoms with van der Waals surface area (Å²) < 4.78 is 0. The Morgan fingerprint density at radius 3 is 2.45 bits per heavy atom. The number of carboxylic acid groups (broad SMARTS) is 1. The summed E-state index contributed by atoms with van der Waals surface area (Å²) >= 11 is 0. The van der Waals surface area contributed by atoms with Crippen LogP contribution in [-0.2, 0) is 4.79 Å². The standard InChI is InChI=1S/C16H21N3O3/c20-15(19-10-2-1-5-13(19)16(21)22)12-6-7-14(17-11-12)18-8-3-4-9-18/h6-7,11,13H,1-5,8-10H2,(H,21,22). The molecule has 2 saturated heterocycles. The van der Waals surface area contributed by atoms with E-state index in [1.807, 2.05) is 6.07 Å². The van der Waals surface area contributed by atoms with E-state index in [2.05, 4.69) is 9.88 Å². The second kappa shape index (κ2) is 6.34. The minimum absolute atomic E-state index is 0.229. The quantitative estimate of drug-likeness (QED) is 0.921. The number of nitrogens with zero attached hydrogens (tertiary/aromatic N) is 3. The zero-order valence-corrected chi connectivity index (χ0v) is 12.6. The van der Waals surface area contributed by atoms with Crippen LogP contribution in [0, 0.1) is 0 Å². The molecule has 1 aromatic rings. The van der Waals surface area contributed by atoms with Gasteiger partial charge in [0.25, 0.3) is 5.91 Å². The number of likely N-dealkylation sites (tertiary alicyclic amines) is 1. The number of hydrogen-bond donors (Lipinski definition) is 1. The molecule has 0 bridgehead atoms. The third-order valence-corrected chi connectivity index (χ3v) is 4.47. The molecule has 2 aliphatic rings. The van der Waals surface area contributed by atoms with Gasteiger partial charge in [0.15, 0.2) is 0 Å². The molecule has 1 unspecified atom stereocenters. The molecule has 1 aromatic heterocycles. The fourth-order valence-corrected chi connectivity index (χ4v) is 3.24. The summed E-state index contributed by atoms with van der Waals surface area (Å²) in [6.45, 7) is 2.52. The molecule has 0 radical (unpaired) electrons. The predicted molar refractivity (Wildman–Crippen MR) is 82.0 cm³/mol. The number of carbonyl (C=O) groups excluding carboxylic acids is 1. The average molecular weight is 303 g/mol. The van der Waals surface area contributed by atoms with Gasteiger partial charge in [-0.3, -0.25) is 4.79 Å². The van der Waals surface area contributed by atoms with E-state index in [9.17, 15) is 14.7 Å². The summed E-state index contributed by atoms with van der Waals surface area (Å²) in [6, 6.07) is 2.91. The summed E-state index contributed by atoms with van der Waals surface area (Å²) in [4.78, 5) is 31.9. The highest BCUT2D eigenvalue weighted by Crippen LogP contribution is 2.22. The first kappa shape index (κ1) is 14.8. The van der Waals surface area contributed by atoms with Crippen LogP contribution < -0.4 is 4.90 Å². The summed E-state index contributed by atoms with van der Waals surface area (Å²) in [7, 11) is 0. The van der Waals surface area contributed by atoms with Gasteiger partial charge in [0.1, 0.15) is 11.9 Å². The van der Waals surface area contributed by atoms with Crippen LogP contribution in [-0.4, -0.2) is 52.5 Å². The average Bonchev–Trinajstić information content (AvgIpc) is 3.09. The van der Waals surface area contributed by atoms with Crippen LogP contribution in [0.2, 0.25) is 0 Å². The van der Waals surface area contributed by atoms with Gasteiger partial charge in [0, 0.05) is 25.8 Å². The number of aromatic nitrogens is 1. The Labute approximate surface area is 129 Å². The zero-order valence-electron chi connectivity index (χ0n) is 12.6. The van der Waals surface area contributed by atoms with E-state index in [1.54, 1.807) is 12.3 Å². The van der Waals surface area contributed by atoms with Crippen molar-refractivity contribution < 1.29 is 14.7 Å². The molecule has 0 spiro atoms. The summed E-state index contributed by atoms with van der Waals surface area (Å²) in [5.74, 6) is -0.259. The monoisotopic (exact) mass is 303 g/mol. The Morgan fingerprint density at radius 2 is 1.82 bits per heavy atom. The van der Waals surface area contributed by atoms with E-state index in [0.717, 1.165) is 31.7 Å². The highest BCUT2D eigenvalue weighted by molar-refractivity contribution is 5.96. The molecular formula is C16H21N3O3. The molecule has 6 heteroatoms. The molecule has 6 nitrogen and oxygen atoms in total. The van der Waals surface area contributed by atoms with Gasteiger partial charge >= 0.3 is 5.97 Å². The Hall–Kier alpha value is -2.11. The Balaban J connectivity index is 1.74. The number of piperidine rings is 1. The van der Waals surface area contributed by atoms with Gasteiger partial charge in [-0.05, 0) is 44.2 Å². The van der Waals surface area contributed by atoms with Gasteiger partial charge in [0.2, 0.25) is 0 Å². The lowest BCUT2D eigenvalue weighted by atomic mass is 10.0. The Morgan fingerprint density at radius 1 is 1.09 bits per heavy atom. The van der Waals surface area contributed by atoms with E-state index in [-0.39, 0.29) is 5.91 Å². The minimum Gasteiger partial charge on any atom is -0.480 e. The first-order valence-electron chi connectivity index (χ1n) is 7.91. The minimum atomic E-state index is -0.922. The van der Waals surface area contributed by atoms with Crippen molar-refractivity contribution in [2.45, 2.75) is 38.1 Å². The number of hydrogen-bond acceptors (Lipinski definition) is 4. The van der Waals surface area contributed by atoms with E-state index < -0.39 is 12.0 Å². The normalized spacial score (nSPS) is 21.9. The maximum absolute atomic E-state index is 12.6. The van der Waals surface area contributed by atoms with Gasteiger partial charge in [0.05, 0.1) is 5.56 Å². The summed E-state index contributed by atoms with van der Waals surface area (Å²) in [5, 5.41) is 9.28. The van der Waals surface area contributed by atoms with Gasteiger partial charge in [-0.2, -0.15) is 0 Å². The van der Waals surface area contributed by atoms with Gasteiger partial charge in [-0.1, -0.05) is 0 Å². The lowest BCUT2D eigenvalue weighted by Gasteiger charge is -2.33. The molecule has 22 heavy (non-hydrogen) atoms. The number of anilines is 1. The predicted octanol–water partition coefficient (Wildman–Crippen LogP) is 1.76. The topological polar surface area (TPSA) is 73.7 Å². The van der Waals surface area contributed by atoms with Crippen molar-refractivity contribution in [3.05, 3.63) is 23.9 Å². The van der Waals surface area contributed by atoms with Crippen LogP contribution in [0.4, 0.5) is 5.82 Å². The SMILES string of the molecule is O=C(O)C1CCCCN1C(=O)c1ccc(N2CCCC2)nc1. The van der Waals surface area contributed by atoms with Crippen LogP contribution in [0.15, 0.2) is 18.3 Å². The van der Waals surface area contributed by atoms with Crippen LogP contribution in [0.5, 0.6) is 0 Å². The third kappa shape index (κ3) is 2.91. The highest BCUT2D eigenvalue weighted by atomic mass is 16.4. The number of amides is 1. The molecule has 1 N–H and O–H groups in total. The number of pyridine rings is 1. The van der Waals surface area contributed by atoms with Crippen molar-refractivity contribution in [1.29, 1.82) is 0 Å². The van der Waals surface area contributed by atoms with Crippen LogP contribution in [0.1, 0.15) is 42.5 Å². The number of carboxylic acids is 1. The third-order valence-electron chi connectivity index (χ3n) is 4.47. The lowest BCUT2D eigenvalue weighted by Crippen LogP contribution is -2.48. The van der Waals surface area contributed by atoms with E-state index in [0.29, 0.717) is 18.5 Å². The summed E-state index contributed by atoms with van der Waals surface area (Å²) in [6.07, 6.45) is 6.17. The molecule has 0 aliphatic carbocycles. The molecule has 1 amide bonds. The van der Waals surface area contributed by atoms with Crippen LogP contribution in [0.25, 0.3) is 0 Å². The van der Waals surface area contributed by atoms with E-state index in [4.69, 9.17) is 0 Å². The van der Waals surface area contributed by atoms with Crippen molar-refractivity contribution in [2.75, 3.05) is 24.5 Å². The molecule has 1 atom stereocenters. The van der Waals surface area contributed by atoms with Gasteiger partial charge in [-0.15, -0.1) is 0 Å². The molecule has 3 heterocycles. The fourth-order valence-electron chi connectivity index (χ4n) is 3.24. The van der Waals surface area contributed by atoms with Crippen LogP contribution in [0.3, 0.4) is 0 Å². The molecular weight excluding hydrogens is 282 g/mol. The highest BCUT2D eigenvalue weighted by Gasteiger charge is 2.32. The Kier molecular flexibility index (Phi) is 4.27. The number of aliphatic carboxylic acids is 1. The van der Waals surface area contributed by atoms with Gasteiger partial charge in [-0.25, -0.2) is 9.78 Å². The smallest absolute Gasteiger partial charge is 0.326 e. The van der Waals surface area contributed by atoms with Crippen molar-refractivity contribution in [2.24, 2.45) is 0 Å². The molecule has 0 saturated carbocycles. The second-order valence-corrected chi connectivity index (χ2v) is 5.95. The largest absolute Gasteiger partial charge is 0.480 e. The first-order valence-corrected chi connectivity index (χ1v) is 7.91. The van der Waals surface area contributed by atoms with E-state index >= 15 is 0 Å². The van der Waals surface area contributed by atoms with E-state index in [1.165, 1.54) is 17.7 Å². The second-order valence-electron chi connectivity index (χ2n) is 5.95. The fraction of sp³-hybridized carbons (Fsp3) is 0.562. The maximum atomic E-state index is 12.6. The molecule has 3 rings (SSSR count). The van der Waals surface area contributed by atoms with Crippen molar-refractivity contribution in [1.82, 2.24) is 9.88 Å². The lowest BCUT2D eigenvalue weighted by molar-refractivity contribution is -0.143. The van der Waals surface area contributed by atoms with Crippen molar-refractivity contribution in [3.8, 4) is 0 Å². The molecule has 0 aromatic carbocycles. The molecule has 118 valence electrons. The van der Waals surface area contributed by atoms with Gasteiger partial charge < -0.3 is 14.9 Å². The first-order chi connectivity index (χ1) is 10.7. The zero-order chi connectivity index (χ0) is 15.5. The maximum Gasteiger partial charge on any atom is 0.326 e. The van der Waals surface area contributed by atoms with Crippen molar-refractivity contribution in [3.63, 3.8) is 0 Å². The molecule has 2 aliphatic heterocycles.